The molecule has 2 saturated heterocycles. The normalized spacial score (nSPS) is 29.8. The molecule has 2 fully saturated rings. The van der Waals surface area contributed by atoms with Gasteiger partial charge in [0.15, 0.2) is 0 Å². The van der Waals surface area contributed by atoms with Crippen LogP contribution in [0.4, 0.5) is 5.69 Å². The fourth-order valence-electron chi connectivity index (χ4n) is 4.25. The van der Waals surface area contributed by atoms with Gasteiger partial charge in [-0.25, -0.2) is 0 Å². The molecule has 0 unspecified atom stereocenters. The van der Waals surface area contributed by atoms with Crippen molar-refractivity contribution in [2.45, 2.75) is 32.4 Å². The number of rotatable bonds is 5. The number of amides is 2. The summed E-state index contributed by atoms with van der Waals surface area (Å²) in [6.45, 7) is 5.68. The average Bonchev–Trinajstić information content (AvgIpc) is 3.09. The number of imide groups is 1. The Morgan fingerprint density at radius 2 is 1.81 bits per heavy atom. The van der Waals surface area contributed by atoms with Crippen LogP contribution in [0.1, 0.15) is 32.4 Å². The highest BCUT2D eigenvalue weighted by molar-refractivity contribution is 6.09. The SMILES string of the molecule is CCOC(=O)[C@]1(C)N[C@H](c2ccc(N(C)C)cc2)[C@H]2C(=O)N(CC)C(=O)[C@@H]21. The van der Waals surface area contributed by atoms with E-state index in [1.54, 1.807) is 20.8 Å². The Morgan fingerprint density at radius 1 is 1.19 bits per heavy atom. The molecule has 0 bridgehead atoms. The number of nitrogens with one attached hydrogen (secondary N) is 1. The van der Waals surface area contributed by atoms with Crippen LogP contribution in [0.2, 0.25) is 0 Å². The van der Waals surface area contributed by atoms with Crippen LogP contribution < -0.4 is 10.2 Å². The van der Waals surface area contributed by atoms with Gasteiger partial charge in [0.2, 0.25) is 11.8 Å². The molecule has 1 aromatic carbocycles. The first-order valence-corrected chi connectivity index (χ1v) is 9.33. The number of hydrogen-bond donors (Lipinski definition) is 1. The number of ether oxygens (including phenoxy) is 1. The van der Waals surface area contributed by atoms with E-state index in [1.165, 1.54) is 4.90 Å². The lowest BCUT2D eigenvalue weighted by molar-refractivity contribution is -0.155. The molecule has 2 heterocycles. The average molecular weight is 373 g/mol. The van der Waals surface area contributed by atoms with Gasteiger partial charge in [0.05, 0.1) is 18.4 Å². The smallest absolute Gasteiger partial charge is 0.326 e. The molecule has 1 N–H and O–H groups in total. The standard InChI is InChI=1S/C20H27N3O4/c1-6-23-17(24)14-15(18(23)25)20(3,19(26)27-7-2)21-16(14)12-8-10-13(11-9-12)22(4)5/h8-11,14-16,21H,6-7H2,1-5H3/t14-,15+,16+,20+/m0/s1. The Balaban J connectivity index is 2.04. The van der Waals surface area contributed by atoms with Crippen LogP contribution >= 0.6 is 0 Å². The van der Waals surface area contributed by atoms with E-state index in [-0.39, 0.29) is 18.4 Å². The van der Waals surface area contributed by atoms with Crippen LogP contribution in [0, 0.1) is 11.8 Å². The zero-order chi connectivity index (χ0) is 19.9. The summed E-state index contributed by atoms with van der Waals surface area (Å²) in [5.74, 6) is -2.40. The third kappa shape index (κ3) is 2.90. The first-order chi connectivity index (χ1) is 12.8. The van der Waals surface area contributed by atoms with Crippen molar-refractivity contribution in [3.8, 4) is 0 Å². The van der Waals surface area contributed by atoms with E-state index < -0.39 is 29.4 Å². The van der Waals surface area contributed by atoms with E-state index in [1.807, 2.05) is 43.3 Å². The predicted molar refractivity (Wildman–Crippen MR) is 101 cm³/mol. The number of anilines is 1. The third-order valence-corrected chi connectivity index (χ3v) is 5.66. The molecular weight excluding hydrogens is 346 g/mol. The van der Waals surface area contributed by atoms with Gasteiger partial charge in [0.25, 0.3) is 0 Å². The number of likely N-dealkylation sites (tertiary alicyclic amines) is 1. The maximum atomic E-state index is 13.0. The summed E-state index contributed by atoms with van der Waals surface area (Å²) >= 11 is 0. The molecule has 3 rings (SSSR count). The van der Waals surface area contributed by atoms with E-state index >= 15 is 0 Å². The summed E-state index contributed by atoms with van der Waals surface area (Å²) in [5.41, 5.74) is 0.676. The number of hydrogen-bond acceptors (Lipinski definition) is 6. The van der Waals surface area contributed by atoms with Gasteiger partial charge in [0, 0.05) is 32.4 Å². The molecule has 0 aliphatic carbocycles. The van der Waals surface area contributed by atoms with Crippen LogP contribution in [-0.4, -0.2) is 55.5 Å². The van der Waals surface area contributed by atoms with Crippen LogP contribution in [0.5, 0.6) is 0 Å². The first kappa shape index (κ1) is 19.4. The molecule has 0 radical (unpaired) electrons. The molecule has 4 atom stereocenters. The second-order valence-electron chi connectivity index (χ2n) is 7.45. The maximum absolute atomic E-state index is 13.0. The molecule has 0 saturated carbocycles. The van der Waals surface area contributed by atoms with Gasteiger partial charge in [-0.15, -0.1) is 0 Å². The Kier molecular flexibility index (Phi) is 4.99. The van der Waals surface area contributed by atoms with E-state index in [0.717, 1.165) is 11.3 Å². The van der Waals surface area contributed by atoms with Crippen LogP contribution in [0.15, 0.2) is 24.3 Å². The molecule has 7 heteroatoms. The molecule has 7 nitrogen and oxygen atoms in total. The molecule has 1 aromatic rings. The Bertz CT molecular complexity index is 761. The Morgan fingerprint density at radius 3 is 2.33 bits per heavy atom. The molecule has 2 aliphatic rings. The molecule has 2 aliphatic heterocycles. The van der Waals surface area contributed by atoms with Gasteiger partial charge in [-0.2, -0.15) is 0 Å². The van der Waals surface area contributed by atoms with Crippen molar-refractivity contribution in [3.05, 3.63) is 29.8 Å². The summed E-state index contributed by atoms with van der Waals surface area (Å²) in [6, 6.07) is 7.38. The van der Waals surface area contributed by atoms with Gasteiger partial charge < -0.3 is 9.64 Å². The number of fused-ring (bicyclic) bond motifs is 1. The largest absolute Gasteiger partial charge is 0.465 e. The summed E-state index contributed by atoms with van der Waals surface area (Å²) in [5, 5.41) is 3.27. The molecule has 0 spiro atoms. The first-order valence-electron chi connectivity index (χ1n) is 9.33. The highest BCUT2D eigenvalue weighted by Crippen LogP contribution is 2.49. The quantitative estimate of drug-likeness (QED) is 0.620. The van der Waals surface area contributed by atoms with E-state index in [4.69, 9.17) is 4.74 Å². The number of carbonyl (C=O) groups is 3. The molecule has 2 amide bonds. The van der Waals surface area contributed by atoms with E-state index in [9.17, 15) is 14.4 Å². The van der Waals surface area contributed by atoms with Gasteiger partial charge >= 0.3 is 5.97 Å². The minimum Gasteiger partial charge on any atom is -0.465 e. The topological polar surface area (TPSA) is 79.0 Å². The number of benzene rings is 1. The fraction of sp³-hybridized carbons (Fsp3) is 0.550. The molecule has 0 aromatic heterocycles. The second kappa shape index (κ2) is 6.96. The maximum Gasteiger partial charge on any atom is 0.326 e. The third-order valence-electron chi connectivity index (χ3n) is 5.66. The van der Waals surface area contributed by atoms with Crippen molar-refractivity contribution >= 4 is 23.5 Å². The lowest BCUT2D eigenvalue weighted by Gasteiger charge is -2.29. The molecule has 27 heavy (non-hydrogen) atoms. The Hall–Kier alpha value is -2.41. The van der Waals surface area contributed by atoms with Crippen molar-refractivity contribution in [1.82, 2.24) is 10.2 Å². The summed E-state index contributed by atoms with van der Waals surface area (Å²) in [7, 11) is 3.91. The zero-order valence-corrected chi connectivity index (χ0v) is 16.5. The predicted octanol–water partition coefficient (Wildman–Crippen LogP) is 1.34. The minimum atomic E-state index is -1.23. The van der Waals surface area contributed by atoms with Crippen molar-refractivity contribution < 1.29 is 19.1 Å². The van der Waals surface area contributed by atoms with Crippen molar-refractivity contribution in [1.29, 1.82) is 0 Å². The summed E-state index contributed by atoms with van der Waals surface area (Å²) in [4.78, 5) is 41.8. The van der Waals surface area contributed by atoms with Crippen LogP contribution in [0.25, 0.3) is 0 Å². The summed E-state index contributed by atoms with van der Waals surface area (Å²) < 4.78 is 5.23. The Labute approximate surface area is 159 Å². The molecule has 146 valence electrons. The van der Waals surface area contributed by atoms with Crippen molar-refractivity contribution in [2.75, 3.05) is 32.1 Å². The highest BCUT2D eigenvalue weighted by atomic mass is 16.5. The van der Waals surface area contributed by atoms with Crippen LogP contribution in [0.3, 0.4) is 0 Å². The van der Waals surface area contributed by atoms with Gasteiger partial charge in [-0.1, -0.05) is 12.1 Å². The van der Waals surface area contributed by atoms with Crippen molar-refractivity contribution in [2.24, 2.45) is 11.8 Å². The van der Waals surface area contributed by atoms with E-state index in [2.05, 4.69) is 5.32 Å². The highest BCUT2D eigenvalue weighted by Gasteiger charge is 2.66. The molecular formula is C20H27N3O4. The number of carbonyl (C=O) groups excluding carboxylic acids is 3. The fourth-order valence-corrected chi connectivity index (χ4v) is 4.25. The lowest BCUT2D eigenvalue weighted by atomic mass is 9.80. The number of esters is 1. The lowest BCUT2D eigenvalue weighted by Crippen LogP contribution is -2.54. The van der Waals surface area contributed by atoms with Crippen molar-refractivity contribution in [3.63, 3.8) is 0 Å². The number of nitrogens with zero attached hydrogens (tertiary/aromatic N) is 2. The minimum absolute atomic E-state index is 0.218. The van der Waals surface area contributed by atoms with Gasteiger partial charge in [0.1, 0.15) is 5.54 Å². The monoisotopic (exact) mass is 373 g/mol. The van der Waals surface area contributed by atoms with E-state index in [0.29, 0.717) is 6.54 Å². The summed E-state index contributed by atoms with van der Waals surface area (Å²) in [6.07, 6.45) is 0. The second-order valence-corrected chi connectivity index (χ2v) is 7.45. The van der Waals surface area contributed by atoms with Gasteiger partial charge in [-0.05, 0) is 38.5 Å². The zero-order valence-electron chi connectivity index (χ0n) is 16.5. The van der Waals surface area contributed by atoms with Gasteiger partial charge in [-0.3, -0.25) is 24.6 Å². The van der Waals surface area contributed by atoms with Crippen LogP contribution in [-0.2, 0) is 19.1 Å².